The molecule has 0 aliphatic carbocycles. The van der Waals surface area contributed by atoms with Crippen molar-refractivity contribution < 1.29 is 9.59 Å². The van der Waals surface area contributed by atoms with E-state index in [1.807, 2.05) is 24.3 Å². The quantitative estimate of drug-likeness (QED) is 0.160. The number of halogens is 1. The maximum atomic E-state index is 12.2. The average Bonchev–Trinajstić information content (AvgIpc) is 3.06. The van der Waals surface area contributed by atoms with Crippen LogP contribution in [0.3, 0.4) is 0 Å². The molecule has 10 nitrogen and oxygen atoms in total. The summed E-state index contributed by atoms with van der Waals surface area (Å²) in [6.07, 6.45) is 1.62. The number of hydrogen-bond donors (Lipinski definition) is 4. The molecule has 160 valence electrons. The van der Waals surface area contributed by atoms with Crippen LogP contribution in [0.15, 0.2) is 63.3 Å². The average molecular weight is 503 g/mol. The van der Waals surface area contributed by atoms with Crippen LogP contribution in [-0.4, -0.2) is 38.7 Å². The van der Waals surface area contributed by atoms with Crippen molar-refractivity contribution in [3.05, 3.63) is 58.6 Å². The standard InChI is InChI=1S/C19H19BrN8O2S/c1-12(29)23-15-6-3-7-16(9-15)24-17(30)11-31-19-27-26-18(28(19)21)25-22-10-13-4-2-5-14(20)8-13/h2-10H,11,21H2,1H3,(H,23,29)(H,24,30)(H,25,26)/b22-10+. The lowest BCUT2D eigenvalue weighted by molar-refractivity contribution is -0.114. The monoisotopic (exact) mass is 502 g/mol. The van der Waals surface area contributed by atoms with Gasteiger partial charge in [0.15, 0.2) is 0 Å². The molecule has 0 atom stereocenters. The zero-order valence-electron chi connectivity index (χ0n) is 16.4. The summed E-state index contributed by atoms with van der Waals surface area (Å²) in [5.41, 5.74) is 4.77. The molecule has 1 heterocycles. The molecule has 0 spiro atoms. The molecule has 2 amide bonds. The van der Waals surface area contributed by atoms with Gasteiger partial charge < -0.3 is 16.5 Å². The largest absolute Gasteiger partial charge is 0.334 e. The van der Waals surface area contributed by atoms with Crippen LogP contribution in [0.1, 0.15) is 12.5 Å². The summed E-state index contributed by atoms with van der Waals surface area (Å²) in [5.74, 6) is 5.83. The second kappa shape index (κ2) is 10.6. The molecule has 3 rings (SSSR count). The first-order valence-corrected chi connectivity index (χ1v) is 10.7. The normalized spacial score (nSPS) is 10.8. The number of nitrogens with one attached hydrogen (secondary N) is 3. The zero-order chi connectivity index (χ0) is 22.2. The molecule has 1 aromatic heterocycles. The number of aromatic nitrogens is 3. The van der Waals surface area contributed by atoms with Crippen molar-refractivity contribution in [1.29, 1.82) is 0 Å². The Morgan fingerprint density at radius 3 is 2.65 bits per heavy atom. The highest BCUT2D eigenvalue weighted by atomic mass is 79.9. The van der Waals surface area contributed by atoms with Gasteiger partial charge in [-0.2, -0.15) is 5.10 Å². The number of benzene rings is 2. The number of nitrogens with zero attached hydrogens (tertiary/aromatic N) is 4. The zero-order valence-corrected chi connectivity index (χ0v) is 18.8. The molecule has 0 aliphatic rings. The van der Waals surface area contributed by atoms with E-state index >= 15 is 0 Å². The number of rotatable bonds is 8. The summed E-state index contributed by atoms with van der Waals surface area (Å²) >= 11 is 4.52. The van der Waals surface area contributed by atoms with Gasteiger partial charge in [0.05, 0.1) is 12.0 Å². The van der Waals surface area contributed by atoms with E-state index in [9.17, 15) is 9.59 Å². The van der Waals surface area contributed by atoms with E-state index in [0.717, 1.165) is 21.8 Å². The Hall–Kier alpha value is -3.38. The Kier molecular flexibility index (Phi) is 7.62. The van der Waals surface area contributed by atoms with Crippen LogP contribution in [0.5, 0.6) is 0 Å². The molecule has 0 unspecified atom stereocenters. The number of nitrogens with two attached hydrogens (primary N) is 1. The Morgan fingerprint density at radius 1 is 1.16 bits per heavy atom. The highest BCUT2D eigenvalue weighted by Crippen LogP contribution is 2.19. The first kappa shape index (κ1) is 22.3. The predicted molar refractivity (Wildman–Crippen MR) is 126 cm³/mol. The molecule has 0 fully saturated rings. The molecule has 0 saturated heterocycles. The van der Waals surface area contributed by atoms with Crippen molar-refractivity contribution >= 4 is 63.0 Å². The SMILES string of the molecule is CC(=O)Nc1cccc(NC(=O)CSc2nnc(N/N=C/c3cccc(Br)c3)n2N)c1. The summed E-state index contributed by atoms with van der Waals surface area (Å²) in [7, 11) is 0. The van der Waals surface area contributed by atoms with Crippen LogP contribution in [0.4, 0.5) is 17.3 Å². The molecular formula is C19H19BrN8O2S. The van der Waals surface area contributed by atoms with Crippen molar-refractivity contribution in [3.8, 4) is 0 Å². The lowest BCUT2D eigenvalue weighted by Crippen LogP contribution is -2.17. The van der Waals surface area contributed by atoms with E-state index in [0.29, 0.717) is 16.5 Å². The topological polar surface area (TPSA) is 139 Å². The lowest BCUT2D eigenvalue weighted by Gasteiger charge is -2.07. The van der Waals surface area contributed by atoms with Crippen molar-refractivity contribution in [1.82, 2.24) is 14.9 Å². The van der Waals surface area contributed by atoms with Gasteiger partial charge in [0.25, 0.3) is 5.95 Å². The molecule has 0 saturated carbocycles. The van der Waals surface area contributed by atoms with Gasteiger partial charge in [-0.05, 0) is 35.9 Å². The van der Waals surface area contributed by atoms with Gasteiger partial charge in [0.2, 0.25) is 17.0 Å². The highest BCUT2D eigenvalue weighted by Gasteiger charge is 2.12. The van der Waals surface area contributed by atoms with Gasteiger partial charge >= 0.3 is 0 Å². The fraction of sp³-hybridized carbons (Fsp3) is 0.105. The Balaban J connectivity index is 1.52. The summed E-state index contributed by atoms with van der Waals surface area (Å²) in [6.45, 7) is 1.42. The fourth-order valence-electron chi connectivity index (χ4n) is 2.41. The number of hydrogen-bond acceptors (Lipinski definition) is 8. The summed E-state index contributed by atoms with van der Waals surface area (Å²) in [6, 6.07) is 14.5. The van der Waals surface area contributed by atoms with E-state index in [4.69, 9.17) is 5.84 Å². The molecule has 12 heteroatoms. The lowest BCUT2D eigenvalue weighted by atomic mass is 10.2. The molecule has 3 aromatic rings. The Labute approximate surface area is 190 Å². The van der Waals surface area contributed by atoms with Crippen molar-refractivity contribution in [2.24, 2.45) is 5.10 Å². The number of carbonyl (C=O) groups is 2. The maximum absolute atomic E-state index is 12.2. The number of amides is 2. The smallest absolute Gasteiger partial charge is 0.264 e. The minimum absolute atomic E-state index is 0.0704. The van der Waals surface area contributed by atoms with E-state index in [1.54, 1.807) is 30.5 Å². The van der Waals surface area contributed by atoms with Gasteiger partial charge in [0, 0.05) is 22.8 Å². The minimum atomic E-state index is -0.254. The summed E-state index contributed by atoms with van der Waals surface area (Å²) in [4.78, 5) is 23.4. The number of anilines is 3. The minimum Gasteiger partial charge on any atom is -0.334 e. The second-order valence-corrected chi connectivity index (χ2v) is 8.06. The first-order chi connectivity index (χ1) is 14.9. The van der Waals surface area contributed by atoms with E-state index in [-0.39, 0.29) is 23.5 Å². The van der Waals surface area contributed by atoms with Crippen LogP contribution in [0.25, 0.3) is 0 Å². The number of nitrogen functional groups attached to an aromatic ring is 1. The van der Waals surface area contributed by atoms with Gasteiger partial charge in [-0.1, -0.05) is 45.9 Å². The van der Waals surface area contributed by atoms with Gasteiger partial charge in [-0.3, -0.25) is 9.59 Å². The van der Waals surface area contributed by atoms with E-state index < -0.39 is 0 Å². The van der Waals surface area contributed by atoms with E-state index in [2.05, 4.69) is 47.3 Å². The first-order valence-electron chi connectivity index (χ1n) is 8.96. The molecule has 2 aromatic carbocycles. The Morgan fingerprint density at radius 2 is 1.90 bits per heavy atom. The third kappa shape index (κ3) is 6.83. The van der Waals surface area contributed by atoms with Crippen LogP contribution >= 0.6 is 27.7 Å². The van der Waals surface area contributed by atoms with Gasteiger partial charge in [-0.15, -0.1) is 10.2 Å². The second-order valence-electron chi connectivity index (χ2n) is 6.20. The molecule has 0 bridgehead atoms. The van der Waals surface area contributed by atoms with Crippen LogP contribution in [0, 0.1) is 0 Å². The van der Waals surface area contributed by atoms with Gasteiger partial charge in [0.1, 0.15) is 0 Å². The molecule has 5 N–H and O–H groups in total. The third-order valence-electron chi connectivity index (χ3n) is 3.69. The summed E-state index contributed by atoms with van der Waals surface area (Å²) < 4.78 is 2.16. The molecular weight excluding hydrogens is 484 g/mol. The van der Waals surface area contributed by atoms with Crippen molar-refractivity contribution in [2.75, 3.05) is 27.7 Å². The highest BCUT2D eigenvalue weighted by molar-refractivity contribution is 9.10. The maximum Gasteiger partial charge on any atom is 0.264 e. The molecule has 0 radical (unpaired) electrons. The third-order valence-corrected chi connectivity index (χ3v) is 5.13. The summed E-state index contributed by atoms with van der Waals surface area (Å²) in [5, 5.41) is 17.7. The molecule has 31 heavy (non-hydrogen) atoms. The van der Waals surface area contributed by atoms with E-state index in [1.165, 1.54) is 11.6 Å². The number of carbonyl (C=O) groups excluding carboxylic acids is 2. The van der Waals surface area contributed by atoms with Crippen molar-refractivity contribution in [2.45, 2.75) is 12.1 Å². The van der Waals surface area contributed by atoms with Crippen LogP contribution in [0.2, 0.25) is 0 Å². The Bertz CT molecular complexity index is 1120. The number of thioether (sulfide) groups is 1. The van der Waals surface area contributed by atoms with Crippen LogP contribution in [-0.2, 0) is 9.59 Å². The fourth-order valence-corrected chi connectivity index (χ4v) is 3.48. The predicted octanol–water partition coefficient (Wildman–Crippen LogP) is 2.89. The molecule has 0 aliphatic heterocycles. The van der Waals surface area contributed by atoms with Crippen LogP contribution < -0.4 is 21.9 Å². The number of hydrazone groups is 1. The van der Waals surface area contributed by atoms with Gasteiger partial charge in [-0.25, -0.2) is 10.1 Å². The van der Waals surface area contributed by atoms with Crippen molar-refractivity contribution in [3.63, 3.8) is 0 Å².